The minimum atomic E-state index is 0.373. The van der Waals surface area contributed by atoms with Crippen LogP contribution in [0.4, 0.5) is 0 Å². The zero-order chi connectivity index (χ0) is 47.3. The van der Waals surface area contributed by atoms with E-state index in [1.54, 1.807) is 6.20 Å². The topological polar surface area (TPSA) is 121 Å². The first-order valence-corrected chi connectivity index (χ1v) is 23.7. The summed E-state index contributed by atoms with van der Waals surface area (Å²) in [5, 5.41) is 7.79. The van der Waals surface area contributed by atoms with Gasteiger partial charge in [-0.1, -0.05) is 164 Å². The summed E-state index contributed by atoms with van der Waals surface area (Å²) in [4.78, 5) is 39.9. The summed E-state index contributed by atoms with van der Waals surface area (Å²) in [5.74, 6) is 3.68. The summed E-state index contributed by atoms with van der Waals surface area (Å²) in [6, 6.07) is 70.8. The van der Waals surface area contributed by atoms with Crippen LogP contribution in [0.25, 0.3) is 151 Å². The molecule has 0 aliphatic carbocycles. The molecule has 10 nitrogen and oxygen atoms in total. The molecule has 0 radical (unpaired) electrons. The molecule has 15 rings (SSSR count). The Morgan fingerprint density at radius 3 is 1.49 bits per heavy atom. The standard InChI is InChI=1S/C62H35N9O/c1-4-15-37(16-5-1)56-65-57(38-17-6-2-7-18-38)68-60(67-56)45-31-32-50-53-43(45)23-14-24-44(53)48-34-41(33-47-42-21-10-12-25-49(42)71(50)55(47)48)36-27-29-40(30-28-36)59-66-58(39-19-8-3-9-20-39)69-62(70-59)61-63-35-52-54(64-61)46-22-11-13-26-51(46)72-52/h1-35H. The van der Waals surface area contributed by atoms with E-state index >= 15 is 0 Å². The molecule has 9 aromatic carbocycles. The normalized spacial score (nSPS) is 11.9. The predicted octanol–water partition coefficient (Wildman–Crippen LogP) is 14.7. The third-order valence-corrected chi connectivity index (χ3v) is 13.7. The molecule has 0 atom stereocenters. The van der Waals surface area contributed by atoms with Crippen LogP contribution in [0.1, 0.15) is 0 Å². The van der Waals surface area contributed by atoms with E-state index in [-0.39, 0.29) is 0 Å². The molecule has 0 unspecified atom stereocenters. The maximum Gasteiger partial charge on any atom is 0.201 e. The van der Waals surface area contributed by atoms with Crippen LogP contribution in [0.5, 0.6) is 0 Å². The monoisotopic (exact) mass is 921 g/mol. The van der Waals surface area contributed by atoms with Gasteiger partial charge in [0.2, 0.25) is 5.82 Å². The van der Waals surface area contributed by atoms with Gasteiger partial charge in [-0.15, -0.1) is 0 Å². The van der Waals surface area contributed by atoms with Gasteiger partial charge in [-0.05, 0) is 64.4 Å². The maximum absolute atomic E-state index is 6.04. The van der Waals surface area contributed by atoms with Crippen LogP contribution in [-0.4, -0.2) is 44.3 Å². The first kappa shape index (κ1) is 39.9. The highest BCUT2D eigenvalue weighted by Crippen LogP contribution is 2.45. The van der Waals surface area contributed by atoms with E-state index in [1.807, 2.05) is 115 Å². The largest absolute Gasteiger partial charge is 0.453 e. The number of para-hydroxylation sites is 2. The lowest BCUT2D eigenvalue weighted by atomic mass is 9.93. The van der Waals surface area contributed by atoms with E-state index in [4.69, 9.17) is 39.3 Å². The maximum atomic E-state index is 6.04. The number of hydrogen-bond acceptors (Lipinski definition) is 9. The molecule has 72 heavy (non-hydrogen) atoms. The molecule has 0 saturated carbocycles. The minimum Gasteiger partial charge on any atom is -0.453 e. The summed E-state index contributed by atoms with van der Waals surface area (Å²) >= 11 is 0. The lowest BCUT2D eigenvalue weighted by molar-refractivity contribution is 0.666. The molecule has 15 aromatic rings. The fraction of sp³-hybridized carbons (Fsp3) is 0. The molecular weight excluding hydrogens is 887 g/mol. The second kappa shape index (κ2) is 15.7. The SMILES string of the molecule is c1ccc(-c2nc(-c3ccc(-c4cc5c6cccc7c(-c8nc(-c9ccccc9)nc(-c9ccccc9)n8)ccc(c76)n6c7ccccc7c(c4)c56)cc3)nc(-c3ncc4oc5ccccc5c4n3)n2)cc1. The van der Waals surface area contributed by atoms with Crippen molar-refractivity contribution in [3.05, 3.63) is 212 Å². The van der Waals surface area contributed by atoms with E-state index in [2.05, 4.69) is 100 Å². The number of rotatable bonds is 7. The third kappa shape index (κ3) is 6.29. The van der Waals surface area contributed by atoms with E-state index in [0.29, 0.717) is 51.9 Å². The van der Waals surface area contributed by atoms with Crippen LogP contribution in [0.3, 0.4) is 0 Å². The van der Waals surface area contributed by atoms with Gasteiger partial charge >= 0.3 is 0 Å². The van der Waals surface area contributed by atoms with Crippen molar-refractivity contribution in [1.82, 2.24) is 44.3 Å². The Kier molecular flexibility index (Phi) is 8.72. The molecule has 6 aromatic heterocycles. The van der Waals surface area contributed by atoms with Crippen molar-refractivity contribution < 1.29 is 4.42 Å². The fourth-order valence-electron chi connectivity index (χ4n) is 10.4. The summed E-state index contributed by atoms with van der Waals surface area (Å²) in [5.41, 5.74) is 12.2. The average molecular weight is 922 g/mol. The molecule has 334 valence electrons. The van der Waals surface area contributed by atoms with Crippen molar-refractivity contribution in [3.8, 4) is 79.7 Å². The highest BCUT2D eigenvalue weighted by molar-refractivity contribution is 6.29. The van der Waals surface area contributed by atoms with Crippen LogP contribution < -0.4 is 0 Å². The van der Waals surface area contributed by atoms with E-state index < -0.39 is 0 Å². The van der Waals surface area contributed by atoms with Gasteiger partial charge in [0.05, 0.1) is 22.7 Å². The van der Waals surface area contributed by atoms with Gasteiger partial charge in [0, 0.05) is 54.7 Å². The molecule has 0 bridgehead atoms. The molecular formula is C62H35N9O. The van der Waals surface area contributed by atoms with Gasteiger partial charge in [0.1, 0.15) is 11.1 Å². The van der Waals surface area contributed by atoms with Crippen molar-refractivity contribution in [3.63, 3.8) is 0 Å². The number of furan rings is 1. The summed E-state index contributed by atoms with van der Waals surface area (Å²) in [6.45, 7) is 0. The first-order valence-electron chi connectivity index (χ1n) is 23.7. The van der Waals surface area contributed by atoms with Crippen LogP contribution >= 0.6 is 0 Å². The number of hydrogen-bond donors (Lipinski definition) is 0. The molecule has 0 fully saturated rings. The Bertz CT molecular complexity index is 4550. The average Bonchev–Trinajstić information content (AvgIpc) is 4.00. The van der Waals surface area contributed by atoms with E-state index in [1.165, 1.54) is 16.3 Å². The van der Waals surface area contributed by atoms with Gasteiger partial charge in [-0.2, -0.15) is 0 Å². The second-order valence-corrected chi connectivity index (χ2v) is 17.9. The number of fused-ring (bicyclic) bond motifs is 8. The number of aromatic nitrogens is 9. The van der Waals surface area contributed by atoms with Crippen molar-refractivity contribution in [2.45, 2.75) is 0 Å². The Morgan fingerprint density at radius 2 is 0.819 bits per heavy atom. The number of pyridine rings is 1. The Labute approximate surface area is 410 Å². The number of benzene rings is 9. The van der Waals surface area contributed by atoms with Crippen molar-refractivity contribution in [2.75, 3.05) is 0 Å². The molecule has 0 spiro atoms. The van der Waals surface area contributed by atoms with Crippen LogP contribution in [0.2, 0.25) is 0 Å². The first-order chi connectivity index (χ1) is 35.7. The lowest BCUT2D eigenvalue weighted by Gasteiger charge is -2.16. The van der Waals surface area contributed by atoms with Crippen molar-refractivity contribution >= 4 is 70.9 Å². The lowest BCUT2D eigenvalue weighted by Crippen LogP contribution is -2.02. The van der Waals surface area contributed by atoms with Gasteiger partial charge in [-0.3, -0.25) is 0 Å². The third-order valence-electron chi connectivity index (χ3n) is 13.7. The molecule has 10 heteroatoms. The zero-order valence-corrected chi connectivity index (χ0v) is 38.1. The molecule has 0 N–H and O–H groups in total. The quantitative estimate of drug-likeness (QED) is 0.114. The Balaban J connectivity index is 0.891. The number of nitrogens with zero attached hydrogens (tertiary/aromatic N) is 9. The van der Waals surface area contributed by atoms with Gasteiger partial charge < -0.3 is 8.82 Å². The minimum absolute atomic E-state index is 0.373. The highest BCUT2D eigenvalue weighted by atomic mass is 16.3. The molecule has 0 amide bonds. The summed E-state index contributed by atoms with van der Waals surface area (Å²) in [7, 11) is 0. The molecule has 0 aliphatic rings. The molecule has 0 aliphatic heterocycles. The van der Waals surface area contributed by atoms with Crippen molar-refractivity contribution in [1.29, 1.82) is 0 Å². The fourth-order valence-corrected chi connectivity index (χ4v) is 10.4. The molecule has 6 heterocycles. The van der Waals surface area contributed by atoms with Gasteiger partial charge in [0.25, 0.3) is 0 Å². The van der Waals surface area contributed by atoms with Gasteiger partial charge in [0.15, 0.2) is 40.5 Å². The van der Waals surface area contributed by atoms with Crippen LogP contribution in [0.15, 0.2) is 217 Å². The highest BCUT2D eigenvalue weighted by Gasteiger charge is 2.23. The Morgan fingerprint density at radius 1 is 0.306 bits per heavy atom. The molecule has 0 saturated heterocycles. The van der Waals surface area contributed by atoms with Crippen LogP contribution in [-0.2, 0) is 0 Å². The van der Waals surface area contributed by atoms with Gasteiger partial charge in [-0.25, -0.2) is 39.9 Å². The van der Waals surface area contributed by atoms with Crippen molar-refractivity contribution in [2.24, 2.45) is 0 Å². The van der Waals surface area contributed by atoms with E-state index in [0.717, 1.165) is 82.5 Å². The summed E-state index contributed by atoms with van der Waals surface area (Å²) < 4.78 is 8.47. The zero-order valence-electron chi connectivity index (χ0n) is 38.1. The predicted molar refractivity (Wildman–Crippen MR) is 286 cm³/mol. The van der Waals surface area contributed by atoms with E-state index in [9.17, 15) is 0 Å². The summed E-state index contributed by atoms with van der Waals surface area (Å²) in [6.07, 6.45) is 1.69. The smallest absolute Gasteiger partial charge is 0.201 e. The second-order valence-electron chi connectivity index (χ2n) is 17.9. The Hall–Kier alpha value is -10.1. The van der Waals surface area contributed by atoms with Crippen LogP contribution in [0, 0.1) is 0 Å².